The molecule has 0 saturated carbocycles. The summed E-state index contributed by atoms with van der Waals surface area (Å²) in [5.74, 6) is 0.0769. The molecule has 6 heteroatoms. The van der Waals surface area contributed by atoms with Crippen molar-refractivity contribution in [2.75, 3.05) is 18.0 Å². The van der Waals surface area contributed by atoms with Crippen molar-refractivity contribution in [3.8, 4) is 0 Å². The number of rotatable bonds is 7. The first kappa shape index (κ1) is 12.9. The summed E-state index contributed by atoms with van der Waals surface area (Å²) in [7, 11) is 0. The molecule has 90 valence electrons. The number of aliphatic carboxylic acids is 1. The highest BCUT2D eigenvalue weighted by Crippen LogP contribution is 2.17. The van der Waals surface area contributed by atoms with Crippen LogP contribution in [0, 0.1) is 0 Å². The summed E-state index contributed by atoms with van der Waals surface area (Å²) in [5, 5.41) is 9.46. The Kier molecular flexibility index (Phi) is 5.18. The molecule has 0 atom stereocenters. The van der Waals surface area contributed by atoms with E-state index >= 15 is 0 Å². The van der Waals surface area contributed by atoms with E-state index in [1.807, 2.05) is 11.8 Å². The van der Waals surface area contributed by atoms with Crippen LogP contribution in [-0.4, -0.2) is 33.5 Å². The van der Waals surface area contributed by atoms with E-state index in [1.165, 1.54) is 11.5 Å². The largest absolute Gasteiger partial charge is 0.481 e. The third kappa shape index (κ3) is 3.77. The Labute approximate surface area is 99.3 Å². The number of carbonyl (C=O) groups is 1. The van der Waals surface area contributed by atoms with Crippen LogP contribution in [0.1, 0.15) is 32.5 Å². The van der Waals surface area contributed by atoms with Gasteiger partial charge in [0.1, 0.15) is 5.82 Å². The molecule has 1 aromatic heterocycles. The van der Waals surface area contributed by atoms with Crippen molar-refractivity contribution in [1.82, 2.24) is 9.36 Å². The first-order chi connectivity index (χ1) is 7.67. The number of nitrogens with zero attached hydrogens (tertiary/aromatic N) is 3. The molecular formula is C10H17N3O2S. The molecule has 0 radical (unpaired) electrons. The van der Waals surface area contributed by atoms with Gasteiger partial charge in [-0.3, -0.25) is 4.79 Å². The van der Waals surface area contributed by atoms with E-state index in [4.69, 9.17) is 5.11 Å². The second-order valence-electron chi connectivity index (χ2n) is 3.47. The average Bonchev–Trinajstić information content (AvgIpc) is 2.68. The minimum absolute atomic E-state index is 0.135. The van der Waals surface area contributed by atoms with E-state index in [0.717, 1.165) is 30.3 Å². The molecule has 0 amide bonds. The third-order valence-electron chi connectivity index (χ3n) is 2.18. The zero-order chi connectivity index (χ0) is 12.0. The number of hydrogen-bond acceptors (Lipinski definition) is 5. The van der Waals surface area contributed by atoms with Gasteiger partial charge in [-0.2, -0.15) is 4.37 Å². The summed E-state index contributed by atoms with van der Waals surface area (Å²) in [5.41, 5.74) is 0. The van der Waals surface area contributed by atoms with Gasteiger partial charge in [0.05, 0.1) is 6.42 Å². The standard InChI is InChI=1S/C10H17N3O2S/c1-3-5-8-11-10(16-12-8)13(4-2)7-6-9(14)15/h3-7H2,1-2H3,(H,14,15). The Hall–Kier alpha value is -1.17. The molecule has 0 aliphatic rings. The van der Waals surface area contributed by atoms with Crippen LogP contribution in [0.5, 0.6) is 0 Å². The zero-order valence-electron chi connectivity index (χ0n) is 9.64. The second-order valence-corrected chi connectivity index (χ2v) is 4.20. The minimum atomic E-state index is -0.781. The average molecular weight is 243 g/mol. The molecule has 0 fully saturated rings. The molecule has 0 saturated heterocycles. The summed E-state index contributed by atoms with van der Waals surface area (Å²) >= 11 is 1.35. The fourth-order valence-corrected chi connectivity index (χ4v) is 2.12. The first-order valence-corrected chi connectivity index (χ1v) is 6.24. The topological polar surface area (TPSA) is 66.3 Å². The summed E-state index contributed by atoms with van der Waals surface area (Å²) < 4.78 is 4.24. The molecule has 0 aliphatic carbocycles. The lowest BCUT2D eigenvalue weighted by Crippen LogP contribution is -2.25. The van der Waals surface area contributed by atoms with Gasteiger partial charge < -0.3 is 10.0 Å². The Morgan fingerprint density at radius 3 is 2.81 bits per heavy atom. The predicted molar refractivity (Wildman–Crippen MR) is 64.0 cm³/mol. The van der Waals surface area contributed by atoms with E-state index in [1.54, 1.807) is 0 Å². The smallest absolute Gasteiger partial charge is 0.305 e. The minimum Gasteiger partial charge on any atom is -0.481 e. The van der Waals surface area contributed by atoms with Crippen molar-refractivity contribution >= 4 is 22.6 Å². The Morgan fingerprint density at radius 1 is 1.50 bits per heavy atom. The van der Waals surface area contributed by atoms with Gasteiger partial charge in [0.25, 0.3) is 0 Å². The molecule has 0 aromatic carbocycles. The van der Waals surface area contributed by atoms with Crippen molar-refractivity contribution in [2.45, 2.75) is 33.1 Å². The monoisotopic (exact) mass is 243 g/mol. The molecule has 0 spiro atoms. The summed E-state index contributed by atoms with van der Waals surface area (Å²) in [4.78, 5) is 16.8. The predicted octanol–water partition coefficient (Wildman–Crippen LogP) is 1.79. The molecule has 16 heavy (non-hydrogen) atoms. The number of hydrogen-bond donors (Lipinski definition) is 1. The van der Waals surface area contributed by atoms with Gasteiger partial charge in [-0.05, 0) is 13.3 Å². The van der Waals surface area contributed by atoms with Crippen LogP contribution in [0.4, 0.5) is 5.13 Å². The van der Waals surface area contributed by atoms with Gasteiger partial charge in [-0.1, -0.05) is 6.92 Å². The number of anilines is 1. The lowest BCUT2D eigenvalue weighted by atomic mass is 10.3. The van der Waals surface area contributed by atoms with Gasteiger partial charge in [0.2, 0.25) is 5.13 Å². The van der Waals surface area contributed by atoms with Crippen LogP contribution in [-0.2, 0) is 11.2 Å². The molecule has 0 aliphatic heterocycles. The molecule has 1 aromatic rings. The van der Waals surface area contributed by atoms with Gasteiger partial charge in [-0.15, -0.1) is 0 Å². The van der Waals surface area contributed by atoms with Crippen LogP contribution in [0.25, 0.3) is 0 Å². The van der Waals surface area contributed by atoms with Crippen molar-refractivity contribution in [1.29, 1.82) is 0 Å². The fraction of sp³-hybridized carbons (Fsp3) is 0.700. The molecular weight excluding hydrogens is 226 g/mol. The Bertz CT molecular complexity index is 341. The van der Waals surface area contributed by atoms with E-state index in [9.17, 15) is 4.79 Å². The Balaban J connectivity index is 2.59. The van der Waals surface area contributed by atoms with Gasteiger partial charge in [0.15, 0.2) is 0 Å². The van der Waals surface area contributed by atoms with Crippen molar-refractivity contribution in [3.63, 3.8) is 0 Å². The summed E-state index contributed by atoms with van der Waals surface area (Å²) in [6.45, 7) is 5.33. The van der Waals surface area contributed by atoms with E-state index < -0.39 is 5.97 Å². The quantitative estimate of drug-likeness (QED) is 0.791. The van der Waals surface area contributed by atoms with Crippen LogP contribution in [0.2, 0.25) is 0 Å². The zero-order valence-corrected chi connectivity index (χ0v) is 10.5. The number of aryl methyl sites for hydroxylation is 1. The third-order valence-corrected chi connectivity index (χ3v) is 2.99. The lowest BCUT2D eigenvalue weighted by molar-refractivity contribution is -0.136. The first-order valence-electron chi connectivity index (χ1n) is 5.46. The van der Waals surface area contributed by atoms with Gasteiger partial charge in [-0.25, -0.2) is 4.98 Å². The highest BCUT2D eigenvalue weighted by atomic mass is 32.1. The molecule has 5 nitrogen and oxygen atoms in total. The molecule has 1 N–H and O–H groups in total. The van der Waals surface area contributed by atoms with Crippen molar-refractivity contribution in [3.05, 3.63) is 5.82 Å². The summed E-state index contributed by atoms with van der Waals surface area (Å²) in [6, 6.07) is 0. The van der Waals surface area contributed by atoms with Crippen LogP contribution >= 0.6 is 11.5 Å². The fourth-order valence-electron chi connectivity index (χ4n) is 1.32. The lowest BCUT2D eigenvalue weighted by Gasteiger charge is -2.17. The van der Waals surface area contributed by atoms with Crippen LogP contribution < -0.4 is 4.90 Å². The normalized spacial score (nSPS) is 10.4. The van der Waals surface area contributed by atoms with Crippen molar-refractivity contribution < 1.29 is 9.90 Å². The van der Waals surface area contributed by atoms with Crippen LogP contribution in [0.15, 0.2) is 0 Å². The van der Waals surface area contributed by atoms with Gasteiger partial charge in [0, 0.05) is 31.0 Å². The van der Waals surface area contributed by atoms with Crippen molar-refractivity contribution in [2.24, 2.45) is 0 Å². The highest BCUT2D eigenvalue weighted by Gasteiger charge is 2.11. The number of carboxylic acids is 1. The number of aromatic nitrogens is 2. The highest BCUT2D eigenvalue weighted by molar-refractivity contribution is 7.09. The SMILES string of the molecule is CCCc1nsc(N(CC)CCC(=O)O)n1. The van der Waals surface area contributed by atoms with E-state index in [2.05, 4.69) is 16.3 Å². The molecule has 1 rings (SSSR count). The van der Waals surface area contributed by atoms with E-state index in [-0.39, 0.29) is 6.42 Å². The second kappa shape index (κ2) is 6.42. The maximum Gasteiger partial charge on any atom is 0.305 e. The van der Waals surface area contributed by atoms with E-state index in [0.29, 0.717) is 6.54 Å². The molecule has 0 bridgehead atoms. The molecule has 0 unspecified atom stereocenters. The molecule has 1 heterocycles. The maximum absolute atomic E-state index is 10.5. The van der Waals surface area contributed by atoms with Crippen LogP contribution in [0.3, 0.4) is 0 Å². The number of carboxylic acid groups (broad SMARTS) is 1. The summed E-state index contributed by atoms with van der Waals surface area (Å²) in [6.07, 6.45) is 2.04. The van der Waals surface area contributed by atoms with Gasteiger partial charge >= 0.3 is 5.97 Å². The Morgan fingerprint density at radius 2 is 2.25 bits per heavy atom. The maximum atomic E-state index is 10.5.